The highest BCUT2D eigenvalue weighted by Gasteiger charge is 2.50. The Morgan fingerprint density at radius 1 is 0.909 bits per heavy atom. The number of carbonyl (C=O) groups is 3. The predicted molar refractivity (Wildman–Crippen MR) is 114 cm³/mol. The third-order valence-electron chi connectivity index (χ3n) is 5.91. The van der Waals surface area contributed by atoms with Crippen LogP contribution >= 0.6 is 0 Å². The first-order valence-corrected chi connectivity index (χ1v) is 10.6. The highest BCUT2D eigenvalue weighted by atomic mass is 19.1. The smallest absolute Gasteiger partial charge is 0.255 e. The van der Waals surface area contributed by atoms with Gasteiger partial charge < -0.3 is 30.4 Å². The van der Waals surface area contributed by atoms with E-state index in [0.717, 1.165) is 6.07 Å². The van der Waals surface area contributed by atoms with E-state index in [4.69, 9.17) is 10.2 Å². The van der Waals surface area contributed by atoms with Crippen molar-refractivity contribution in [2.24, 2.45) is 0 Å². The Bertz CT molecular complexity index is 1080. The first kappa shape index (κ1) is 22.8. The van der Waals surface area contributed by atoms with Crippen molar-refractivity contribution in [3.63, 3.8) is 0 Å². The molecule has 9 nitrogen and oxygen atoms in total. The van der Waals surface area contributed by atoms with E-state index in [-0.39, 0.29) is 22.9 Å². The van der Waals surface area contributed by atoms with Crippen LogP contribution in [-0.4, -0.2) is 81.0 Å². The van der Waals surface area contributed by atoms with E-state index >= 15 is 0 Å². The molecule has 2 aliphatic rings. The number of hydrogen-bond donors (Lipinski definition) is 4. The van der Waals surface area contributed by atoms with E-state index in [1.807, 2.05) is 5.32 Å². The summed E-state index contributed by atoms with van der Waals surface area (Å²) in [4.78, 5) is 40.2. The molecule has 2 aromatic carbocycles. The van der Waals surface area contributed by atoms with E-state index in [1.165, 1.54) is 12.1 Å². The van der Waals surface area contributed by atoms with Crippen molar-refractivity contribution in [1.82, 2.24) is 15.1 Å². The Morgan fingerprint density at radius 3 is 2.06 bits per heavy atom. The van der Waals surface area contributed by atoms with Gasteiger partial charge in [-0.3, -0.25) is 14.4 Å². The topological polar surface area (TPSA) is 130 Å². The second-order valence-electron chi connectivity index (χ2n) is 8.24. The number of aliphatic hydroxyl groups is 3. The monoisotopic (exact) mass is 457 g/mol. The summed E-state index contributed by atoms with van der Waals surface area (Å²) in [6, 6.07) is 9.87. The average Bonchev–Trinajstić information content (AvgIpc) is 3.56. The molecule has 174 valence electrons. The summed E-state index contributed by atoms with van der Waals surface area (Å²) in [5, 5.41) is 29.6. The van der Waals surface area contributed by atoms with Gasteiger partial charge in [-0.1, -0.05) is 12.1 Å². The first-order valence-electron chi connectivity index (χ1n) is 10.6. The van der Waals surface area contributed by atoms with Gasteiger partial charge in [0.15, 0.2) is 0 Å². The van der Waals surface area contributed by atoms with Crippen molar-refractivity contribution in [2.45, 2.75) is 24.9 Å². The number of carbonyl (C=O) groups excluding carboxylic acids is 3. The van der Waals surface area contributed by atoms with Gasteiger partial charge in [0.2, 0.25) is 6.41 Å². The summed E-state index contributed by atoms with van der Waals surface area (Å²) in [7, 11) is 0. The van der Waals surface area contributed by atoms with Gasteiger partial charge in [-0.2, -0.15) is 0 Å². The zero-order valence-electron chi connectivity index (χ0n) is 17.7. The fraction of sp³-hybridized carbons (Fsp3) is 0.348. The molecule has 33 heavy (non-hydrogen) atoms. The molecule has 4 rings (SSSR count). The maximum absolute atomic E-state index is 14.4. The number of nitrogens with one attached hydrogen (secondary N) is 1. The largest absolute Gasteiger partial charge is 0.380 e. The Labute approximate surface area is 189 Å². The molecular weight excluding hydrogens is 433 g/mol. The van der Waals surface area contributed by atoms with Crippen LogP contribution in [0.3, 0.4) is 0 Å². The second-order valence-corrected chi connectivity index (χ2v) is 8.24. The van der Waals surface area contributed by atoms with Gasteiger partial charge in [0.05, 0.1) is 0 Å². The fourth-order valence-electron chi connectivity index (χ4n) is 3.80. The van der Waals surface area contributed by atoms with Crippen LogP contribution in [0.25, 0.3) is 11.1 Å². The van der Waals surface area contributed by atoms with Crippen molar-refractivity contribution < 1.29 is 34.1 Å². The molecule has 1 heterocycles. The van der Waals surface area contributed by atoms with E-state index < -0.39 is 23.7 Å². The first-order chi connectivity index (χ1) is 15.7. The van der Waals surface area contributed by atoms with Gasteiger partial charge in [0.25, 0.3) is 17.7 Å². The standard InChI is InChI=1S/C23H24FN3O6/c24-18-6-5-16(19(28)25-22(31)32)13-17(18)14-1-3-15(4-2-14)20(29)26-9-11-27(12-10-26)21(30)23(33)7-8-23/h1-6,13,22,31-33H,7-12H2,(H,25,28). The minimum Gasteiger partial charge on any atom is -0.380 e. The van der Waals surface area contributed by atoms with Crippen LogP contribution in [0.15, 0.2) is 42.5 Å². The molecule has 0 spiro atoms. The van der Waals surface area contributed by atoms with Crippen LogP contribution in [0.1, 0.15) is 33.6 Å². The van der Waals surface area contributed by atoms with Crippen LogP contribution in [0.5, 0.6) is 0 Å². The van der Waals surface area contributed by atoms with Crippen LogP contribution in [0.2, 0.25) is 0 Å². The molecular formula is C23H24FN3O6. The number of aliphatic hydroxyl groups excluding tert-OH is 1. The number of nitrogens with zero attached hydrogens (tertiary/aromatic N) is 2. The Balaban J connectivity index is 1.43. The maximum Gasteiger partial charge on any atom is 0.255 e. The molecule has 2 fully saturated rings. The van der Waals surface area contributed by atoms with Crippen molar-refractivity contribution >= 4 is 17.7 Å². The van der Waals surface area contributed by atoms with Crippen molar-refractivity contribution in [2.75, 3.05) is 26.2 Å². The molecule has 1 saturated heterocycles. The molecule has 1 saturated carbocycles. The van der Waals surface area contributed by atoms with Crippen molar-refractivity contribution in [3.05, 3.63) is 59.4 Å². The third-order valence-corrected chi connectivity index (χ3v) is 5.91. The molecule has 1 aliphatic carbocycles. The highest BCUT2D eigenvalue weighted by Crippen LogP contribution is 2.37. The molecule has 2 aromatic rings. The van der Waals surface area contributed by atoms with E-state index in [2.05, 4.69) is 0 Å². The molecule has 3 amide bonds. The maximum atomic E-state index is 14.4. The van der Waals surface area contributed by atoms with Crippen LogP contribution in [0, 0.1) is 5.82 Å². The summed E-state index contributed by atoms with van der Waals surface area (Å²) in [6.07, 6.45) is -1.07. The zero-order chi connectivity index (χ0) is 23.8. The van der Waals surface area contributed by atoms with Gasteiger partial charge in [0.1, 0.15) is 11.4 Å². The van der Waals surface area contributed by atoms with E-state index in [0.29, 0.717) is 50.1 Å². The molecule has 0 atom stereocenters. The van der Waals surface area contributed by atoms with Gasteiger partial charge in [-0.05, 0) is 48.7 Å². The van der Waals surface area contributed by atoms with Crippen molar-refractivity contribution in [3.8, 4) is 11.1 Å². The normalized spacial score (nSPS) is 17.1. The van der Waals surface area contributed by atoms with Gasteiger partial charge >= 0.3 is 0 Å². The Morgan fingerprint density at radius 2 is 1.48 bits per heavy atom. The minimum atomic E-state index is -2.03. The van der Waals surface area contributed by atoms with E-state index in [1.54, 1.807) is 34.1 Å². The SMILES string of the molecule is O=C(NC(O)O)c1ccc(F)c(-c2ccc(C(=O)N3CCN(C(=O)C4(O)CC4)CC3)cc2)c1. The van der Waals surface area contributed by atoms with Gasteiger partial charge in [-0.15, -0.1) is 0 Å². The lowest BCUT2D eigenvalue weighted by atomic mass is 10.0. The number of rotatable bonds is 5. The van der Waals surface area contributed by atoms with Crippen LogP contribution in [0.4, 0.5) is 4.39 Å². The Hall–Kier alpha value is -3.34. The fourth-order valence-corrected chi connectivity index (χ4v) is 3.80. The summed E-state index contributed by atoms with van der Waals surface area (Å²) >= 11 is 0. The number of benzene rings is 2. The molecule has 0 bridgehead atoms. The van der Waals surface area contributed by atoms with Crippen molar-refractivity contribution in [1.29, 1.82) is 0 Å². The molecule has 0 aromatic heterocycles. The lowest BCUT2D eigenvalue weighted by molar-refractivity contribution is -0.143. The summed E-state index contributed by atoms with van der Waals surface area (Å²) in [5.41, 5.74) is -0.205. The zero-order valence-corrected chi connectivity index (χ0v) is 17.7. The highest BCUT2D eigenvalue weighted by molar-refractivity contribution is 5.96. The molecule has 10 heteroatoms. The molecule has 4 N–H and O–H groups in total. The Kier molecular flexibility index (Phi) is 6.15. The van der Waals surface area contributed by atoms with Gasteiger partial charge in [-0.25, -0.2) is 4.39 Å². The number of piperazine rings is 1. The summed E-state index contributed by atoms with van der Waals surface area (Å²) in [6.45, 7) is 1.41. The quantitative estimate of drug-likeness (QED) is 0.478. The lowest BCUT2D eigenvalue weighted by Crippen LogP contribution is -2.53. The molecule has 0 unspecified atom stereocenters. The summed E-state index contributed by atoms with van der Waals surface area (Å²) in [5.74, 6) is -1.84. The molecule has 1 aliphatic heterocycles. The van der Waals surface area contributed by atoms with Crippen LogP contribution < -0.4 is 5.32 Å². The summed E-state index contributed by atoms with van der Waals surface area (Å²) < 4.78 is 14.4. The second kappa shape index (κ2) is 8.89. The number of amides is 3. The number of halogens is 1. The average molecular weight is 457 g/mol. The van der Waals surface area contributed by atoms with Gasteiger partial charge in [0, 0.05) is 42.9 Å². The van der Waals surface area contributed by atoms with E-state index in [9.17, 15) is 23.9 Å². The number of hydrogen-bond acceptors (Lipinski definition) is 6. The van der Waals surface area contributed by atoms with Crippen LogP contribution in [-0.2, 0) is 4.79 Å². The minimum absolute atomic E-state index is 0.0444. The molecule has 0 radical (unpaired) electrons. The predicted octanol–water partition coefficient (Wildman–Crippen LogP) is 0.300. The third kappa shape index (κ3) is 4.87. The lowest BCUT2D eigenvalue weighted by Gasteiger charge is -2.35.